The van der Waals surface area contributed by atoms with E-state index in [1.807, 2.05) is 48.3 Å². The van der Waals surface area contributed by atoms with Crippen LogP contribution in [0.3, 0.4) is 0 Å². The molecule has 1 unspecified atom stereocenters. The van der Waals surface area contributed by atoms with Crippen molar-refractivity contribution in [2.75, 3.05) is 0 Å². The van der Waals surface area contributed by atoms with Crippen LogP contribution in [-0.4, -0.2) is 14.5 Å². The van der Waals surface area contributed by atoms with Gasteiger partial charge >= 0.3 is 0 Å². The van der Waals surface area contributed by atoms with Crippen LogP contribution in [-0.2, 0) is 7.05 Å². The molecule has 0 spiro atoms. The van der Waals surface area contributed by atoms with Crippen molar-refractivity contribution in [3.63, 3.8) is 0 Å². The molecule has 0 aliphatic heterocycles. The minimum absolute atomic E-state index is 0.346. The standard InChI is InChI=1S/C14H12N4/c1-18-7-6-16-14(18)11(8-15)12-9-17-13-5-3-2-4-10(12)13/h2-7,9,11,17H,1H3. The Hall–Kier alpha value is -2.54. The highest BCUT2D eigenvalue weighted by molar-refractivity contribution is 5.84. The summed E-state index contributed by atoms with van der Waals surface area (Å²) < 4.78 is 1.88. The lowest BCUT2D eigenvalue weighted by atomic mass is 9.99. The number of nitrogens with zero attached hydrogens (tertiary/aromatic N) is 3. The van der Waals surface area contributed by atoms with Crippen LogP contribution in [0, 0.1) is 11.3 Å². The van der Waals surface area contributed by atoms with Crippen LogP contribution in [0.5, 0.6) is 0 Å². The molecule has 4 nitrogen and oxygen atoms in total. The molecule has 4 heteroatoms. The van der Waals surface area contributed by atoms with Crippen LogP contribution in [0.15, 0.2) is 42.9 Å². The number of benzene rings is 1. The van der Waals surface area contributed by atoms with E-state index in [1.54, 1.807) is 6.20 Å². The first-order valence-corrected chi connectivity index (χ1v) is 5.74. The fourth-order valence-corrected chi connectivity index (χ4v) is 2.25. The molecular formula is C14H12N4. The number of aromatic nitrogens is 3. The van der Waals surface area contributed by atoms with Crippen molar-refractivity contribution in [1.82, 2.24) is 14.5 Å². The lowest BCUT2D eigenvalue weighted by molar-refractivity contribution is 0.786. The summed E-state index contributed by atoms with van der Waals surface area (Å²) in [5.74, 6) is 0.420. The Morgan fingerprint density at radius 3 is 2.94 bits per heavy atom. The number of hydrogen-bond acceptors (Lipinski definition) is 2. The number of para-hydroxylation sites is 1. The lowest BCUT2D eigenvalue weighted by Crippen LogP contribution is -2.05. The van der Waals surface area contributed by atoms with Gasteiger partial charge in [0.15, 0.2) is 0 Å². The highest BCUT2D eigenvalue weighted by Crippen LogP contribution is 2.29. The third-order valence-electron chi connectivity index (χ3n) is 3.18. The lowest BCUT2D eigenvalue weighted by Gasteiger charge is -2.08. The monoisotopic (exact) mass is 236 g/mol. The van der Waals surface area contributed by atoms with Gasteiger partial charge < -0.3 is 9.55 Å². The van der Waals surface area contributed by atoms with Crippen molar-refractivity contribution in [2.45, 2.75) is 5.92 Å². The summed E-state index contributed by atoms with van der Waals surface area (Å²) in [5, 5.41) is 10.5. The molecule has 0 aliphatic carbocycles. The van der Waals surface area contributed by atoms with Gasteiger partial charge in [0.25, 0.3) is 0 Å². The minimum Gasteiger partial charge on any atom is -0.361 e. The largest absolute Gasteiger partial charge is 0.361 e. The Morgan fingerprint density at radius 1 is 1.39 bits per heavy atom. The van der Waals surface area contributed by atoms with Crippen molar-refractivity contribution >= 4 is 10.9 Å². The molecule has 2 aromatic heterocycles. The zero-order valence-corrected chi connectivity index (χ0v) is 9.96. The maximum Gasteiger partial charge on any atom is 0.131 e. The van der Waals surface area contributed by atoms with Gasteiger partial charge in [-0.15, -0.1) is 0 Å². The average molecular weight is 236 g/mol. The smallest absolute Gasteiger partial charge is 0.131 e. The van der Waals surface area contributed by atoms with Crippen LogP contribution < -0.4 is 0 Å². The van der Waals surface area contributed by atoms with Gasteiger partial charge in [-0.05, 0) is 6.07 Å². The Bertz CT molecular complexity index is 729. The Labute approximate surface area is 105 Å². The molecule has 18 heavy (non-hydrogen) atoms. The van der Waals surface area contributed by atoms with Gasteiger partial charge in [-0.1, -0.05) is 18.2 Å². The molecule has 0 saturated heterocycles. The van der Waals surface area contributed by atoms with E-state index in [9.17, 15) is 5.26 Å². The van der Waals surface area contributed by atoms with Gasteiger partial charge in [0.1, 0.15) is 11.7 Å². The van der Waals surface area contributed by atoms with E-state index in [-0.39, 0.29) is 5.92 Å². The first kappa shape index (κ1) is 10.6. The van der Waals surface area contributed by atoms with E-state index in [2.05, 4.69) is 16.0 Å². The van der Waals surface area contributed by atoms with Gasteiger partial charge in [0.05, 0.1) is 6.07 Å². The number of aryl methyl sites for hydroxylation is 1. The third kappa shape index (κ3) is 1.49. The molecule has 1 aromatic carbocycles. The molecule has 0 radical (unpaired) electrons. The minimum atomic E-state index is -0.346. The van der Waals surface area contributed by atoms with Crippen molar-refractivity contribution in [3.05, 3.63) is 54.2 Å². The van der Waals surface area contributed by atoms with E-state index in [0.717, 1.165) is 22.3 Å². The van der Waals surface area contributed by atoms with E-state index >= 15 is 0 Å². The van der Waals surface area contributed by atoms with Crippen molar-refractivity contribution in [2.24, 2.45) is 7.05 Å². The number of nitriles is 1. The highest BCUT2D eigenvalue weighted by atomic mass is 15.0. The molecule has 1 atom stereocenters. The zero-order chi connectivity index (χ0) is 12.5. The van der Waals surface area contributed by atoms with E-state index in [0.29, 0.717) is 0 Å². The van der Waals surface area contributed by atoms with Crippen molar-refractivity contribution in [3.8, 4) is 6.07 Å². The van der Waals surface area contributed by atoms with Crippen LogP contribution in [0.25, 0.3) is 10.9 Å². The van der Waals surface area contributed by atoms with E-state index in [1.165, 1.54) is 0 Å². The first-order chi connectivity index (χ1) is 8.81. The van der Waals surface area contributed by atoms with Gasteiger partial charge in [-0.3, -0.25) is 0 Å². The molecule has 0 aliphatic rings. The summed E-state index contributed by atoms with van der Waals surface area (Å²) in [6, 6.07) is 10.3. The van der Waals surface area contributed by atoms with Crippen molar-refractivity contribution in [1.29, 1.82) is 5.26 Å². The average Bonchev–Trinajstić information content (AvgIpc) is 2.99. The summed E-state index contributed by atoms with van der Waals surface area (Å²) in [6.07, 6.45) is 5.47. The van der Waals surface area contributed by atoms with Crippen molar-refractivity contribution < 1.29 is 0 Å². The quantitative estimate of drug-likeness (QED) is 0.743. The summed E-state index contributed by atoms with van der Waals surface area (Å²) in [5.41, 5.74) is 2.02. The van der Waals surface area contributed by atoms with Gasteiger partial charge in [0.2, 0.25) is 0 Å². The Balaban J connectivity index is 2.19. The highest BCUT2D eigenvalue weighted by Gasteiger charge is 2.20. The first-order valence-electron chi connectivity index (χ1n) is 5.74. The number of nitrogens with one attached hydrogen (secondary N) is 1. The second kappa shape index (κ2) is 4.04. The fourth-order valence-electron chi connectivity index (χ4n) is 2.25. The number of aromatic amines is 1. The van der Waals surface area contributed by atoms with Crippen LogP contribution in [0.1, 0.15) is 17.3 Å². The second-order valence-corrected chi connectivity index (χ2v) is 4.25. The molecular weight excluding hydrogens is 224 g/mol. The number of rotatable bonds is 2. The van der Waals surface area contributed by atoms with E-state index in [4.69, 9.17) is 0 Å². The molecule has 2 heterocycles. The zero-order valence-electron chi connectivity index (χ0n) is 9.96. The van der Waals surface area contributed by atoms with E-state index < -0.39 is 0 Å². The van der Waals surface area contributed by atoms with Gasteiger partial charge in [-0.25, -0.2) is 4.98 Å². The molecule has 0 bridgehead atoms. The van der Waals surface area contributed by atoms with Crippen LogP contribution in [0.2, 0.25) is 0 Å². The summed E-state index contributed by atoms with van der Waals surface area (Å²) in [7, 11) is 1.90. The maximum absolute atomic E-state index is 9.44. The second-order valence-electron chi connectivity index (χ2n) is 4.25. The van der Waals surface area contributed by atoms with Crippen LogP contribution >= 0.6 is 0 Å². The van der Waals surface area contributed by atoms with Crippen LogP contribution in [0.4, 0.5) is 0 Å². The maximum atomic E-state index is 9.44. The number of hydrogen-bond donors (Lipinski definition) is 1. The topological polar surface area (TPSA) is 57.4 Å². The number of fused-ring (bicyclic) bond motifs is 1. The molecule has 3 aromatic rings. The summed E-state index contributed by atoms with van der Waals surface area (Å²) >= 11 is 0. The third-order valence-corrected chi connectivity index (χ3v) is 3.18. The predicted molar refractivity (Wildman–Crippen MR) is 69.0 cm³/mol. The number of imidazole rings is 1. The van der Waals surface area contributed by atoms with Gasteiger partial charge in [0, 0.05) is 42.1 Å². The molecule has 0 saturated carbocycles. The SMILES string of the molecule is Cn1ccnc1C(C#N)c1c[nH]c2ccccc12. The Morgan fingerprint density at radius 2 is 2.22 bits per heavy atom. The molecule has 0 fully saturated rings. The molecule has 3 rings (SSSR count). The van der Waals surface area contributed by atoms with Gasteiger partial charge in [-0.2, -0.15) is 5.26 Å². The molecule has 88 valence electrons. The summed E-state index contributed by atoms with van der Waals surface area (Å²) in [6.45, 7) is 0. The molecule has 0 amide bonds. The Kier molecular flexibility index (Phi) is 2.38. The number of H-pyrrole nitrogens is 1. The predicted octanol–water partition coefficient (Wildman–Crippen LogP) is 2.56. The normalized spacial score (nSPS) is 12.4. The summed E-state index contributed by atoms with van der Waals surface area (Å²) in [4.78, 5) is 7.47. The molecule has 1 N–H and O–H groups in total. The fraction of sp³-hybridized carbons (Fsp3) is 0.143.